The second kappa shape index (κ2) is 10.4. The summed E-state index contributed by atoms with van der Waals surface area (Å²) in [5, 5.41) is 6.26. The molecule has 3 amide bonds. The van der Waals surface area contributed by atoms with Gasteiger partial charge in [-0.15, -0.1) is 12.4 Å². The van der Waals surface area contributed by atoms with Crippen molar-refractivity contribution in [2.45, 2.75) is 25.4 Å². The predicted molar refractivity (Wildman–Crippen MR) is 117 cm³/mol. The van der Waals surface area contributed by atoms with Crippen molar-refractivity contribution in [1.82, 2.24) is 25.4 Å². The molecular formula is C22H28ClN5O2. The first-order valence-corrected chi connectivity index (χ1v) is 10.2. The standard InChI is InChI=1S/C22H27N5O2.ClH/c28-21(27-13-11-24-15-20(27)18-6-3-9-23-14-18)7-10-25-22(29)26-12-8-17-4-1-2-5-19(17)16-26;/h1-6,9,14,20,24H,7-8,10-13,15-16H2,(H,25,29);1H. The van der Waals surface area contributed by atoms with Crippen LogP contribution in [-0.2, 0) is 17.8 Å². The molecule has 2 aliphatic rings. The maximum atomic E-state index is 12.8. The summed E-state index contributed by atoms with van der Waals surface area (Å²) in [5.74, 6) is 0.0599. The number of hydrogen-bond donors (Lipinski definition) is 2. The number of piperazine rings is 1. The van der Waals surface area contributed by atoms with Crippen LogP contribution in [0.5, 0.6) is 0 Å². The average Bonchev–Trinajstić information content (AvgIpc) is 2.79. The molecule has 1 fully saturated rings. The van der Waals surface area contributed by atoms with E-state index in [-0.39, 0.29) is 30.4 Å². The van der Waals surface area contributed by atoms with E-state index in [1.54, 1.807) is 6.20 Å². The third-order valence-corrected chi connectivity index (χ3v) is 5.67. The third kappa shape index (κ3) is 5.09. The number of fused-ring (bicyclic) bond motifs is 1. The minimum atomic E-state index is -0.101. The van der Waals surface area contributed by atoms with Crippen molar-refractivity contribution in [3.05, 3.63) is 65.5 Å². The first kappa shape index (κ1) is 22.1. The Balaban J connectivity index is 0.00000256. The number of nitrogens with one attached hydrogen (secondary N) is 2. The molecule has 8 heteroatoms. The van der Waals surface area contributed by atoms with E-state index in [1.807, 2.05) is 40.3 Å². The molecule has 1 aromatic heterocycles. The largest absolute Gasteiger partial charge is 0.337 e. The van der Waals surface area contributed by atoms with Crippen LogP contribution in [0.3, 0.4) is 0 Å². The molecule has 2 aromatic rings. The molecule has 0 bridgehead atoms. The smallest absolute Gasteiger partial charge is 0.317 e. The first-order chi connectivity index (χ1) is 14.2. The molecule has 4 rings (SSSR count). The highest BCUT2D eigenvalue weighted by Crippen LogP contribution is 2.22. The molecule has 1 aromatic carbocycles. The summed E-state index contributed by atoms with van der Waals surface area (Å²) in [6, 6.07) is 12.0. The number of carbonyl (C=O) groups excluding carboxylic acids is 2. The van der Waals surface area contributed by atoms with Crippen molar-refractivity contribution in [2.24, 2.45) is 0 Å². The molecule has 160 valence electrons. The highest BCUT2D eigenvalue weighted by molar-refractivity contribution is 5.85. The van der Waals surface area contributed by atoms with Crippen LogP contribution in [0, 0.1) is 0 Å². The van der Waals surface area contributed by atoms with Crippen molar-refractivity contribution >= 4 is 24.3 Å². The summed E-state index contributed by atoms with van der Waals surface area (Å²) in [6.07, 6.45) is 4.72. The molecule has 1 unspecified atom stereocenters. The van der Waals surface area contributed by atoms with Gasteiger partial charge < -0.3 is 20.4 Å². The summed E-state index contributed by atoms with van der Waals surface area (Å²) in [5.41, 5.74) is 3.54. The number of aromatic nitrogens is 1. The van der Waals surface area contributed by atoms with Gasteiger partial charge in [0.25, 0.3) is 0 Å². The molecule has 0 aliphatic carbocycles. The molecular weight excluding hydrogens is 402 g/mol. The molecule has 2 aliphatic heterocycles. The summed E-state index contributed by atoms with van der Waals surface area (Å²) >= 11 is 0. The quantitative estimate of drug-likeness (QED) is 0.780. The summed E-state index contributed by atoms with van der Waals surface area (Å²) in [4.78, 5) is 33.2. The fraction of sp³-hybridized carbons (Fsp3) is 0.409. The average molecular weight is 430 g/mol. The van der Waals surface area contributed by atoms with Gasteiger partial charge in [0.1, 0.15) is 0 Å². The van der Waals surface area contributed by atoms with Gasteiger partial charge >= 0.3 is 6.03 Å². The number of rotatable bonds is 4. The Labute approximate surface area is 183 Å². The molecule has 0 spiro atoms. The van der Waals surface area contributed by atoms with Gasteiger partial charge in [0.2, 0.25) is 5.91 Å². The van der Waals surface area contributed by atoms with Crippen LogP contribution >= 0.6 is 12.4 Å². The zero-order valence-electron chi connectivity index (χ0n) is 16.9. The third-order valence-electron chi connectivity index (χ3n) is 5.67. The minimum Gasteiger partial charge on any atom is -0.337 e. The normalized spacial score (nSPS) is 18.2. The van der Waals surface area contributed by atoms with Gasteiger partial charge in [-0.05, 0) is 29.2 Å². The van der Waals surface area contributed by atoms with Gasteiger partial charge in [-0.1, -0.05) is 30.3 Å². The highest BCUT2D eigenvalue weighted by Gasteiger charge is 2.28. The minimum absolute atomic E-state index is 0. The maximum Gasteiger partial charge on any atom is 0.317 e. The SMILES string of the molecule is Cl.O=C(NCCC(=O)N1CCNCC1c1cccnc1)N1CCc2ccccc2C1. The molecule has 1 atom stereocenters. The lowest BCUT2D eigenvalue weighted by molar-refractivity contribution is -0.134. The van der Waals surface area contributed by atoms with E-state index in [0.717, 1.165) is 25.1 Å². The van der Waals surface area contributed by atoms with Crippen LogP contribution < -0.4 is 10.6 Å². The maximum absolute atomic E-state index is 12.8. The number of urea groups is 1. The second-order valence-electron chi connectivity index (χ2n) is 7.52. The Hall–Kier alpha value is -2.64. The number of benzene rings is 1. The van der Waals surface area contributed by atoms with Crippen molar-refractivity contribution in [3.63, 3.8) is 0 Å². The number of nitrogens with zero attached hydrogens (tertiary/aromatic N) is 3. The molecule has 0 radical (unpaired) electrons. The van der Waals surface area contributed by atoms with Crippen LogP contribution in [0.4, 0.5) is 4.79 Å². The van der Waals surface area contributed by atoms with Crippen LogP contribution in [-0.4, -0.2) is 59.4 Å². The van der Waals surface area contributed by atoms with Gasteiger partial charge in [0.15, 0.2) is 0 Å². The van der Waals surface area contributed by atoms with Crippen LogP contribution in [0.1, 0.15) is 29.2 Å². The van der Waals surface area contributed by atoms with Crippen molar-refractivity contribution < 1.29 is 9.59 Å². The van der Waals surface area contributed by atoms with Gasteiger partial charge in [-0.25, -0.2) is 4.79 Å². The Bertz CT molecular complexity index is 864. The Kier molecular flexibility index (Phi) is 7.65. The lowest BCUT2D eigenvalue weighted by atomic mass is 10.0. The van der Waals surface area contributed by atoms with Crippen molar-refractivity contribution in [1.29, 1.82) is 0 Å². The Morgan fingerprint density at radius 3 is 2.77 bits per heavy atom. The van der Waals surface area contributed by atoms with Crippen LogP contribution in [0.25, 0.3) is 0 Å². The molecule has 1 saturated heterocycles. The van der Waals surface area contributed by atoms with Crippen molar-refractivity contribution in [3.8, 4) is 0 Å². The Morgan fingerprint density at radius 1 is 1.13 bits per heavy atom. The summed E-state index contributed by atoms with van der Waals surface area (Å²) in [6.45, 7) is 3.84. The molecule has 30 heavy (non-hydrogen) atoms. The zero-order chi connectivity index (χ0) is 20.1. The topological polar surface area (TPSA) is 77.6 Å². The summed E-state index contributed by atoms with van der Waals surface area (Å²) < 4.78 is 0. The summed E-state index contributed by atoms with van der Waals surface area (Å²) in [7, 11) is 0. The monoisotopic (exact) mass is 429 g/mol. The fourth-order valence-corrected chi connectivity index (χ4v) is 4.07. The fourth-order valence-electron chi connectivity index (χ4n) is 4.07. The van der Waals surface area contributed by atoms with Gasteiger partial charge in [-0.3, -0.25) is 9.78 Å². The lowest BCUT2D eigenvalue weighted by Crippen LogP contribution is -2.49. The molecule has 7 nitrogen and oxygen atoms in total. The van der Waals surface area contributed by atoms with E-state index in [9.17, 15) is 9.59 Å². The Morgan fingerprint density at radius 2 is 1.97 bits per heavy atom. The van der Waals surface area contributed by atoms with E-state index in [4.69, 9.17) is 0 Å². The second-order valence-corrected chi connectivity index (χ2v) is 7.52. The first-order valence-electron chi connectivity index (χ1n) is 10.2. The number of carbonyl (C=O) groups is 2. The number of pyridine rings is 1. The van der Waals surface area contributed by atoms with Gasteiger partial charge in [-0.2, -0.15) is 0 Å². The van der Waals surface area contributed by atoms with E-state index in [1.165, 1.54) is 11.1 Å². The lowest BCUT2D eigenvalue weighted by Gasteiger charge is -2.36. The molecule has 0 saturated carbocycles. The van der Waals surface area contributed by atoms with Crippen LogP contribution in [0.15, 0.2) is 48.8 Å². The molecule has 2 N–H and O–H groups in total. The predicted octanol–water partition coefficient (Wildman–Crippen LogP) is 2.13. The van der Waals surface area contributed by atoms with E-state index < -0.39 is 0 Å². The van der Waals surface area contributed by atoms with Gasteiger partial charge in [0.05, 0.1) is 6.04 Å². The number of amides is 3. The van der Waals surface area contributed by atoms with E-state index in [2.05, 4.69) is 27.8 Å². The van der Waals surface area contributed by atoms with Crippen molar-refractivity contribution in [2.75, 3.05) is 32.7 Å². The van der Waals surface area contributed by atoms with E-state index in [0.29, 0.717) is 32.6 Å². The van der Waals surface area contributed by atoms with E-state index >= 15 is 0 Å². The van der Waals surface area contributed by atoms with Gasteiger partial charge in [0, 0.05) is 58.1 Å². The zero-order valence-corrected chi connectivity index (χ0v) is 17.7. The van der Waals surface area contributed by atoms with Crippen LogP contribution in [0.2, 0.25) is 0 Å². The number of hydrogen-bond acceptors (Lipinski definition) is 4. The highest BCUT2D eigenvalue weighted by atomic mass is 35.5. The number of halogens is 1. The molecule has 3 heterocycles.